The Hall–Kier alpha value is -1.29. The molecule has 64 valence electrons. The van der Waals surface area contributed by atoms with E-state index in [0.29, 0.717) is 18.7 Å². The normalized spacial score (nSPS) is 16.8. The molecule has 1 fully saturated rings. The van der Waals surface area contributed by atoms with Gasteiger partial charge in [0.15, 0.2) is 0 Å². The summed E-state index contributed by atoms with van der Waals surface area (Å²) in [4.78, 5) is 16.5. The molecular formula is C8H9NO3. The molecule has 1 saturated heterocycles. The molecule has 1 aliphatic heterocycles. The Morgan fingerprint density at radius 1 is 1.58 bits per heavy atom. The summed E-state index contributed by atoms with van der Waals surface area (Å²) in [5, 5.41) is 1.37. The van der Waals surface area contributed by atoms with Crippen LogP contribution in [0.3, 0.4) is 0 Å². The van der Waals surface area contributed by atoms with Crippen LogP contribution in [0.15, 0.2) is 23.0 Å². The third kappa shape index (κ3) is 1.21. The number of carbonyl (C=O) groups is 1. The van der Waals surface area contributed by atoms with Crippen LogP contribution >= 0.6 is 0 Å². The fourth-order valence-corrected chi connectivity index (χ4v) is 1.14. The molecule has 0 saturated carbocycles. The van der Waals surface area contributed by atoms with E-state index >= 15 is 0 Å². The Morgan fingerprint density at radius 3 is 3.08 bits per heavy atom. The summed E-state index contributed by atoms with van der Waals surface area (Å²) in [6.45, 7) is 1.30. The number of hydrogen-bond acceptors (Lipinski definition) is 3. The first-order valence-electron chi connectivity index (χ1n) is 3.85. The van der Waals surface area contributed by atoms with Gasteiger partial charge in [0.25, 0.3) is 5.91 Å². The van der Waals surface area contributed by atoms with E-state index in [1.54, 1.807) is 6.07 Å². The fourth-order valence-electron chi connectivity index (χ4n) is 1.14. The quantitative estimate of drug-likeness (QED) is 0.628. The van der Waals surface area contributed by atoms with Crippen molar-refractivity contribution in [3.63, 3.8) is 0 Å². The van der Waals surface area contributed by atoms with Gasteiger partial charge in [0.2, 0.25) is 0 Å². The van der Waals surface area contributed by atoms with Crippen LogP contribution in [0.4, 0.5) is 0 Å². The molecule has 4 nitrogen and oxygen atoms in total. The molecule has 0 atom stereocenters. The van der Waals surface area contributed by atoms with Crippen molar-refractivity contribution in [2.24, 2.45) is 0 Å². The molecule has 0 N–H and O–H groups in total. The topological polar surface area (TPSA) is 42.7 Å². The van der Waals surface area contributed by atoms with E-state index in [1.807, 2.05) is 0 Å². The average molecular weight is 167 g/mol. The highest BCUT2D eigenvalue weighted by molar-refractivity contribution is 5.93. The van der Waals surface area contributed by atoms with Crippen molar-refractivity contribution in [1.29, 1.82) is 0 Å². The van der Waals surface area contributed by atoms with Gasteiger partial charge in [0.05, 0.1) is 25.0 Å². The lowest BCUT2D eigenvalue weighted by Gasteiger charge is -2.11. The zero-order chi connectivity index (χ0) is 8.39. The highest BCUT2D eigenvalue weighted by Crippen LogP contribution is 2.10. The van der Waals surface area contributed by atoms with Crippen LogP contribution in [0, 0.1) is 0 Å². The van der Waals surface area contributed by atoms with Crippen LogP contribution in [-0.2, 0) is 4.84 Å². The van der Waals surface area contributed by atoms with Crippen LogP contribution in [0.5, 0.6) is 0 Å². The average Bonchev–Trinajstić information content (AvgIpc) is 2.77. The number of amides is 1. The van der Waals surface area contributed by atoms with Crippen LogP contribution in [-0.4, -0.2) is 24.1 Å². The van der Waals surface area contributed by atoms with E-state index in [-0.39, 0.29) is 5.91 Å². The molecule has 0 radical (unpaired) electrons. The summed E-state index contributed by atoms with van der Waals surface area (Å²) < 4.78 is 4.79. The standard InChI is InChI=1S/C8H9NO3/c10-8(7-2-5-11-6-7)9-3-1-4-12-9/h2,5-6H,1,3-4H2. The Balaban J connectivity index is 2.09. The first-order valence-corrected chi connectivity index (χ1v) is 3.85. The van der Waals surface area contributed by atoms with Crippen molar-refractivity contribution in [2.45, 2.75) is 6.42 Å². The van der Waals surface area contributed by atoms with Crippen molar-refractivity contribution in [3.05, 3.63) is 24.2 Å². The molecule has 0 aliphatic carbocycles. The van der Waals surface area contributed by atoms with Crippen LogP contribution in [0.2, 0.25) is 0 Å². The second-order valence-electron chi connectivity index (χ2n) is 2.61. The zero-order valence-corrected chi connectivity index (χ0v) is 6.53. The second-order valence-corrected chi connectivity index (χ2v) is 2.61. The smallest absolute Gasteiger partial charge is 0.280 e. The minimum Gasteiger partial charge on any atom is -0.472 e. The lowest BCUT2D eigenvalue weighted by atomic mass is 10.3. The molecule has 0 spiro atoms. The summed E-state index contributed by atoms with van der Waals surface area (Å²) in [5.74, 6) is -0.124. The van der Waals surface area contributed by atoms with Gasteiger partial charge in [-0.3, -0.25) is 9.63 Å². The predicted octanol–water partition coefficient (Wildman–Crippen LogP) is 1.06. The number of hydroxylamine groups is 2. The van der Waals surface area contributed by atoms with Crippen molar-refractivity contribution < 1.29 is 14.0 Å². The van der Waals surface area contributed by atoms with Gasteiger partial charge in [0, 0.05) is 0 Å². The van der Waals surface area contributed by atoms with Crippen molar-refractivity contribution >= 4 is 5.91 Å². The summed E-state index contributed by atoms with van der Waals surface area (Å²) in [7, 11) is 0. The van der Waals surface area contributed by atoms with Crippen molar-refractivity contribution in [2.75, 3.05) is 13.2 Å². The molecule has 12 heavy (non-hydrogen) atoms. The largest absolute Gasteiger partial charge is 0.472 e. The van der Waals surface area contributed by atoms with Gasteiger partial charge in [-0.15, -0.1) is 0 Å². The summed E-state index contributed by atoms with van der Waals surface area (Å²) >= 11 is 0. The molecule has 0 unspecified atom stereocenters. The van der Waals surface area contributed by atoms with Gasteiger partial charge in [-0.2, -0.15) is 0 Å². The molecule has 4 heteroatoms. The SMILES string of the molecule is O=C(c1ccoc1)N1CCCO1. The summed E-state index contributed by atoms with van der Waals surface area (Å²) in [6.07, 6.45) is 3.80. The van der Waals surface area contributed by atoms with Crippen LogP contribution in [0.25, 0.3) is 0 Å². The van der Waals surface area contributed by atoms with Crippen LogP contribution in [0.1, 0.15) is 16.8 Å². The molecule has 1 aromatic rings. The molecular weight excluding hydrogens is 158 g/mol. The number of hydrogen-bond donors (Lipinski definition) is 0. The van der Waals surface area contributed by atoms with Crippen molar-refractivity contribution in [1.82, 2.24) is 5.06 Å². The van der Waals surface area contributed by atoms with E-state index in [0.717, 1.165) is 6.42 Å². The van der Waals surface area contributed by atoms with E-state index in [4.69, 9.17) is 9.25 Å². The van der Waals surface area contributed by atoms with Crippen molar-refractivity contribution in [3.8, 4) is 0 Å². The number of furan rings is 1. The Kier molecular flexibility index (Phi) is 1.83. The van der Waals surface area contributed by atoms with E-state index in [1.165, 1.54) is 17.6 Å². The predicted molar refractivity (Wildman–Crippen MR) is 40.3 cm³/mol. The fraction of sp³-hybridized carbons (Fsp3) is 0.375. The van der Waals surface area contributed by atoms with Gasteiger partial charge in [0.1, 0.15) is 6.26 Å². The summed E-state index contributed by atoms with van der Waals surface area (Å²) in [6, 6.07) is 1.63. The van der Waals surface area contributed by atoms with Gasteiger partial charge in [-0.25, -0.2) is 5.06 Å². The molecule has 0 bridgehead atoms. The lowest BCUT2D eigenvalue weighted by Crippen LogP contribution is -2.25. The highest BCUT2D eigenvalue weighted by atomic mass is 16.7. The Labute approximate surface area is 69.7 Å². The maximum atomic E-state index is 11.4. The lowest BCUT2D eigenvalue weighted by molar-refractivity contribution is -0.0768. The zero-order valence-electron chi connectivity index (χ0n) is 6.53. The first kappa shape index (κ1) is 7.36. The van der Waals surface area contributed by atoms with Gasteiger partial charge < -0.3 is 4.42 Å². The van der Waals surface area contributed by atoms with Gasteiger partial charge >= 0.3 is 0 Å². The molecule has 0 aromatic carbocycles. The maximum Gasteiger partial charge on any atom is 0.280 e. The number of nitrogens with zero attached hydrogens (tertiary/aromatic N) is 1. The van der Waals surface area contributed by atoms with Gasteiger partial charge in [-0.05, 0) is 12.5 Å². The monoisotopic (exact) mass is 167 g/mol. The summed E-state index contributed by atoms with van der Waals surface area (Å²) in [5.41, 5.74) is 0.539. The maximum absolute atomic E-state index is 11.4. The highest BCUT2D eigenvalue weighted by Gasteiger charge is 2.21. The number of rotatable bonds is 1. The minimum atomic E-state index is -0.124. The number of carbonyl (C=O) groups excluding carboxylic acids is 1. The van der Waals surface area contributed by atoms with Crippen LogP contribution < -0.4 is 0 Å². The first-order chi connectivity index (χ1) is 5.88. The Bertz CT molecular complexity index is 262. The molecule has 2 heterocycles. The second kappa shape index (κ2) is 2.98. The molecule has 1 aliphatic rings. The molecule has 1 amide bonds. The molecule has 1 aromatic heterocycles. The van der Waals surface area contributed by atoms with Gasteiger partial charge in [-0.1, -0.05) is 0 Å². The Morgan fingerprint density at radius 2 is 2.50 bits per heavy atom. The van der Waals surface area contributed by atoms with E-state index in [9.17, 15) is 4.79 Å². The third-order valence-electron chi connectivity index (χ3n) is 1.75. The minimum absolute atomic E-state index is 0.124. The van der Waals surface area contributed by atoms with E-state index in [2.05, 4.69) is 0 Å². The molecule has 2 rings (SSSR count). The third-order valence-corrected chi connectivity index (χ3v) is 1.75. The van der Waals surface area contributed by atoms with E-state index < -0.39 is 0 Å².